The molecule has 2 aromatic rings. The van der Waals surface area contributed by atoms with Gasteiger partial charge >= 0.3 is 6.18 Å². The van der Waals surface area contributed by atoms with E-state index in [1.807, 2.05) is 0 Å². The van der Waals surface area contributed by atoms with Crippen LogP contribution < -0.4 is 0 Å². The molecule has 1 N–H and O–H groups in total. The Morgan fingerprint density at radius 2 is 2.08 bits per heavy atom. The number of aromatic amines is 1. The third-order valence-electron chi connectivity index (χ3n) is 1.71. The second-order valence-electron chi connectivity index (χ2n) is 2.56. The van der Waals surface area contributed by atoms with Crippen LogP contribution in [-0.2, 0) is 6.18 Å². The molecule has 0 amide bonds. The molecular formula is C8H4F3N2. The van der Waals surface area contributed by atoms with E-state index in [1.165, 1.54) is 12.1 Å². The first-order valence-electron chi connectivity index (χ1n) is 3.51. The predicted octanol–water partition coefficient (Wildman–Crippen LogP) is 2.38. The molecule has 13 heavy (non-hydrogen) atoms. The minimum Gasteiger partial charge on any atom is -0.277 e. The monoisotopic (exact) mass is 185 g/mol. The van der Waals surface area contributed by atoms with Crippen LogP contribution in [0.5, 0.6) is 0 Å². The highest BCUT2D eigenvalue weighted by molar-refractivity contribution is 5.81. The zero-order chi connectivity index (χ0) is 9.47. The molecule has 0 atom stereocenters. The van der Waals surface area contributed by atoms with Crippen molar-refractivity contribution in [3.8, 4) is 0 Å². The van der Waals surface area contributed by atoms with Crippen LogP contribution in [0.1, 0.15) is 5.56 Å². The largest absolute Gasteiger partial charge is 0.417 e. The molecule has 0 bridgehead atoms. The van der Waals surface area contributed by atoms with E-state index >= 15 is 0 Å². The summed E-state index contributed by atoms with van der Waals surface area (Å²) < 4.78 is 37.0. The highest BCUT2D eigenvalue weighted by Crippen LogP contribution is 2.33. The second-order valence-corrected chi connectivity index (χ2v) is 2.56. The van der Waals surface area contributed by atoms with Gasteiger partial charge in [-0.2, -0.15) is 18.3 Å². The molecule has 0 aliphatic heterocycles. The fourth-order valence-electron chi connectivity index (χ4n) is 1.15. The summed E-state index contributed by atoms with van der Waals surface area (Å²) in [5.74, 6) is 0. The Hall–Kier alpha value is -1.52. The van der Waals surface area contributed by atoms with Crippen LogP contribution >= 0.6 is 0 Å². The fourth-order valence-corrected chi connectivity index (χ4v) is 1.15. The first-order chi connectivity index (χ1) is 6.09. The molecule has 1 radical (unpaired) electrons. The lowest BCUT2D eigenvalue weighted by molar-refractivity contribution is -0.136. The lowest BCUT2D eigenvalue weighted by atomic mass is 10.1. The van der Waals surface area contributed by atoms with Gasteiger partial charge in [0.1, 0.15) is 6.20 Å². The van der Waals surface area contributed by atoms with E-state index in [-0.39, 0.29) is 5.39 Å². The van der Waals surface area contributed by atoms with Gasteiger partial charge < -0.3 is 0 Å². The molecule has 0 aliphatic carbocycles. The van der Waals surface area contributed by atoms with E-state index in [9.17, 15) is 13.2 Å². The Bertz CT molecular complexity index is 430. The van der Waals surface area contributed by atoms with E-state index in [0.29, 0.717) is 5.52 Å². The summed E-state index contributed by atoms with van der Waals surface area (Å²) in [4.78, 5) is 0. The van der Waals surface area contributed by atoms with E-state index in [4.69, 9.17) is 0 Å². The van der Waals surface area contributed by atoms with Crippen molar-refractivity contribution < 1.29 is 13.2 Å². The zero-order valence-corrected chi connectivity index (χ0v) is 6.31. The lowest BCUT2D eigenvalue weighted by Crippen LogP contribution is -2.04. The number of fused-ring (bicyclic) bond motifs is 1. The number of hydrogen-bond donors (Lipinski definition) is 1. The summed E-state index contributed by atoms with van der Waals surface area (Å²) in [7, 11) is 0. The Morgan fingerprint density at radius 3 is 2.77 bits per heavy atom. The van der Waals surface area contributed by atoms with Gasteiger partial charge in [-0.3, -0.25) is 5.10 Å². The Labute approximate surface area is 71.4 Å². The second kappa shape index (κ2) is 2.48. The van der Waals surface area contributed by atoms with Crippen molar-refractivity contribution in [2.75, 3.05) is 0 Å². The molecular weight excluding hydrogens is 181 g/mol. The van der Waals surface area contributed by atoms with Crippen molar-refractivity contribution in [3.05, 3.63) is 30.0 Å². The van der Waals surface area contributed by atoms with E-state index in [0.717, 1.165) is 6.07 Å². The van der Waals surface area contributed by atoms with Crippen molar-refractivity contribution in [2.45, 2.75) is 6.18 Å². The van der Waals surface area contributed by atoms with Crippen LogP contribution in [0, 0.1) is 6.20 Å². The SMILES string of the molecule is FC(F)(F)c1cccc2[nH]n[c]c12. The predicted molar refractivity (Wildman–Crippen MR) is 39.9 cm³/mol. The van der Waals surface area contributed by atoms with Crippen LogP contribution in [0.4, 0.5) is 13.2 Å². The molecule has 0 aliphatic rings. The van der Waals surface area contributed by atoms with Crippen LogP contribution in [0.3, 0.4) is 0 Å². The first-order valence-corrected chi connectivity index (χ1v) is 3.51. The van der Waals surface area contributed by atoms with Gasteiger partial charge in [-0.05, 0) is 12.1 Å². The van der Waals surface area contributed by atoms with Crippen LogP contribution in [0.2, 0.25) is 0 Å². The number of hydrogen-bond acceptors (Lipinski definition) is 1. The van der Waals surface area contributed by atoms with Gasteiger partial charge in [0.25, 0.3) is 0 Å². The third-order valence-corrected chi connectivity index (χ3v) is 1.71. The van der Waals surface area contributed by atoms with Gasteiger partial charge in [0.15, 0.2) is 0 Å². The summed E-state index contributed by atoms with van der Waals surface area (Å²) in [6, 6.07) is 3.86. The average molecular weight is 185 g/mol. The minimum atomic E-state index is -4.35. The van der Waals surface area contributed by atoms with Crippen molar-refractivity contribution >= 4 is 10.9 Å². The van der Waals surface area contributed by atoms with Crippen molar-refractivity contribution in [2.24, 2.45) is 0 Å². The van der Waals surface area contributed by atoms with Crippen molar-refractivity contribution in [1.82, 2.24) is 10.2 Å². The smallest absolute Gasteiger partial charge is 0.277 e. The maximum atomic E-state index is 12.3. The number of halogens is 3. The van der Waals surface area contributed by atoms with Crippen molar-refractivity contribution in [3.63, 3.8) is 0 Å². The first kappa shape index (κ1) is 8.10. The van der Waals surface area contributed by atoms with Crippen LogP contribution in [0.25, 0.3) is 10.9 Å². The van der Waals surface area contributed by atoms with Crippen LogP contribution in [0.15, 0.2) is 18.2 Å². The fraction of sp³-hybridized carbons (Fsp3) is 0.125. The summed E-state index contributed by atoms with van der Waals surface area (Å²) in [6.45, 7) is 0. The summed E-state index contributed by atoms with van der Waals surface area (Å²) in [5.41, 5.74) is -0.367. The number of alkyl halides is 3. The molecule has 1 aromatic carbocycles. The van der Waals surface area contributed by atoms with Gasteiger partial charge in [0.2, 0.25) is 0 Å². The molecule has 0 fully saturated rings. The number of benzene rings is 1. The molecule has 1 heterocycles. The maximum absolute atomic E-state index is 12.3. The quantitative estimate of drug-likeness (QED) is 0.670. The average Bonchev–Trinajstić information content (AvgIpc) is 2.48. The van der Waals surface area contributed by atoms with Crippen molar-refractivity contribution in [1.29, 1.82) is 0 Å². The Kier molecular flexibility index (Phi) is 1.55. The molecule has 0 saturated carbocycles. The third kappa shape index (κ3) is 1.26. The molecule has 2 nitrogen and oxygen atoms in total. The van der Waals surface area contributed by atoms with Gasteiger partial charge in [-0.25, -0.2) is 0 Å². The highest BCUT2D eigenvalue weighted by Gasteiger charge is 2.32. The molecule has 0 saturated heterocycles. The van der Waals surface area contributed by atoms with E-state index in [2.05, 4.69) is 16.4 Å². The van der Waals surface area contributed by atoms with E-state index < -0.39 is 11.7 Å². The Balaban J connectivity index is 2.75. The van der Waals surface area contributed by atoms with Crippen LogP contribution in [-0.4, -0.2) is 10.2 Å². The molecule has 67 valence electrons. The molecule has 0 unspecified atom stereocenters. The number of H-pyrrole nitrogens is 1. The van der Waals surface area contributed by atoms with Gasteiger partial charge in [0, 0.05) is 5.39 Å². The summed E-state index contributed by atoms with van der Waals surface area (Å²) in [5, 5.41) is 5.83. The summed E-state index contributed by atoms with van der Waals surface area (Å²) in [6.07, 6.45) is -2.08. The summed E-state index contributed by atoms with van der Waals surface area (Å²) >= 11 is 0. The maximum Gasteiger partial charge on any atom is 0.417 e. The molecule has 2 rings (SSSR count). The van der Waals surface area contributed by atoms with Gasteiger partial charge in [-0.15, -0.1) is 0 Å². The highest BCUT2D eigenvalue weighted by atomic mass is 19.4. The standard InChI is InChI=1S/C8H4F3N2/c9-8(10,11)6-2-1-3-7-5(6)4-12-13-7/h1-3H,(H,12,13). The molecule has 0 spiro atoms. The normalized spacial score (nSPS) is 12.2. The molecule has 5 heteroatoms. The van der Waals surface area contributed by atoms with Gasteiger partial charge in [-0.1, -0.05) is 6.07 Å². The number of rotatable bonds is 0. The number of nitrogens with one attached hydrogen (secondary N) is 1. The number of nitrogens with zero attached hydrogens (tertiary/aromatic N) is 1. The zero-order valence-electron chi connectivity index (χ0n) is 6.31. The Morgan fingerprint density at radius 1 is 1.31 bits per heavy atom. The topological polar surface area (TPSA) is 28.7 Å². The van der Waals surface area contributed by atoms with E-state index in [1.54, 1.807) is 0 Å². The molecule has 1 aromatic heterocycles. The lowest BCUT2D eigenvalue weighted by Gasteiger charge is -2.06. The number of aromatic nitrogens is 2. The minimum absolute atomic E-state index is 0.0185. The van der Waals surface area contributed by atoms with Gasteiger partial charge in [0.05, 0.1) is 11.1 Å².